The van der Waals surface area contributed by atoms with Gasteiger partial charge in [0, 0.05) is 11.1 Å². The molecular formula is C29H30ClF3N2O2. The van der Waals surface area contributed by atoms with Crippen LogP contribution in [0.4, 0.5) is 13.2 Å². The second-order valence-electron chi connectivity index (χ2n) is 9.60. The number of hydrogen-bond donors (Lipinski definition) is 1. The minimum Gasteiger partial charge on any atom is -0.496 e. The molecule has 8 heteroatoms. The van der Waals surface area contributed by atoms with Crippen molar-refractivity contribution in [3.63, 3.8) is 0 Å². The lowest BCUT2D eigenvalue weighted by Gasteiger charge is -2.44. The zero-order chi connectivity index (χ0) is 26.8. The van der Waals surface area contributed by atoms with E-state index in [1.807, 2.05) is 62.6 Å². The van der Waals surface area contributed by atoms with Crippen LogP contribution in [-0.4, -0.2) is 37.6 Å². The highest BCUT2D eigenvalue weighted by Gasteiger charge is 2.45. The molecule has 0 aromatic heterocycles. The maximum atomic E-state index is 13.4. The molecule has 1 N–H and O–H groups in total. The van der Waals surface area contributed by atoms with Crippen molar-refractivity contribution < 1.29 is 22.7 Å². The zero-order valence-electron chi connectivity index (χ0n) is 21.0. The lowest BCUT2D eigenvalue weighted by Crippen LogP contribution is -2.53. The fourth-order valence-electron chi connectivity index (χ4n) is 5.38. The molecule has 0 aliphatic heterocycles. The number of amides is 1. The predicted molar refractivity (Wildman–Crippen MR) is 140 cm³/mol. The van der Waals surface area contributed by atoms with E-state index in [0.29, 0.717) is 0 Å². The van der Waals surface area contributed by atoms with Gasteiger partial charge in [0.25, 0.3) is 5.91 Å². The van der Waals surface area contributed by atoms with Gasteiger partial charge in [-0.25, -0.2) is 0 Å². The maximum absolute atomic E-state index is 13.4. The Hall–Kier alpha value is -3.03. The summed E-state index contributed by atoms with van der Waals surface area (Å²) in [6, 6.07) is 18.5. The molecule has 196 valence electrons. The molecule has 0 radical (unpaired) electrons. The normalized spacial score (nSPS) is 16.0. The number of alkyl halides is 3. The van der Waals surface area contributed by atoms with Crippen LogP contribution in [0, 0.1) is 0 Å². The maximum Gasteiger partial charge on any atom is 0.417 e. The number of para-hydroxylation sites is 1. The summed E-state index contributed by atoms with van der Waals surface area (Å²) < 4.78 is 45.8. The van der Waals surface area contributed by atoms with Crippen molar-refractivity contribution in [3.8, 4) is 16.9 Å². The summed E-state index contributed by atoms with van der Waals surface area (Å²) >= 11 is 6.09. The van der Waals surface area contributed by atoms with Gasteiger partial charge in [-0.05, 0) is 56.3 Å². The van der Waals surface area contributed by atoms with Crippen molar-refractivity contribution >= 4 is 17.5 Å². The molecule has 4 rings (SSSR count). The average Bonchev–Trinajstić information content (AvgIpc) is 3.38. The van der Waals surface area contributed by atoms with Crippen molar-refractivity contribution in [2.24, 2.45) is 0 Å². The van der Waals surface area contributed by atoms with Gasteiger partial charge in [0.2, 0.25) is 0 Å². The minimum atomic E-state index is -4.66. The predicted octanol–water partition coefficient (Wildman–Crippen LogP) is 7.38. The number of likely N-dealkylation sites (N-methyl/N-ethyl adjacent to an activating group) is 1. The largest absolute Gasteiger partial charge is 0.496 e. The van der Waals surface area contributed by atoms with E-state index in [9.17, 15) is 18.0 Å². The van der Waals surface area contributed by atoms with E-state index in [2.05, 4.69) is 10.2 Å². The molecule has 0 bridgehead atoms. The molecule has 1 fully saturated rings. The van der Waals surface area contributed by atoms with Crippen molar-refractivity contribution in [2.75, 3.05) is 21.2 Å². The molecule has 4 nitrogen and oxygen atoms in total. The minimum absolute atomic E-state index is 0.195. The zero-order valence-corrected chi connectivity index (χ0v) is 21.8. The third-order valence-corrected chi connectivity index (χ3v) is 7.79. The van der Waals surface area contributed by atoms with Crippen molar-refractivity contribution in [1.29, 1.82) is 0 Å². The van der Waals surface area contributed by atoms with Crippen LogP contribution in [-0.2, 0) is 6.18 Å². The summed E-state index contributed by atoms with van der Waals surface area (Å²) in [6.45, 7) is 0. The van der Waals surface area contributed by atoms with E-state index >= 15 is 0 Å². The first-order valence-electron chi connectivity index (χ1n) is 12.2. The number of carbonyl (C=O) groups excluding carboxylic acids is 1. The van der Waals surface area contributed by atoms with Crippen LogP contribution in [0.25, 0.3) is 11.1 Å². The number of nitrogens with one attached hydrogen (secondary N) is 1. The Morgan fingerprint density at radius 3 is 2.24 bits per heavy atom. The van der Waals surface area contributed by atoms with Crippen LogP contribution in [0.1, 0.15) is 53.2 Å². The highest BCUT2D eigenvalue weighted by atomic mass is 35.5. The topological polar surface area (TPSA) is 41.6 Å². The Balaban J connectivity index is 1.74. The van der Waals surface area contributed by atoms with E-state index in [0.717, 1.165) is 54.2 Å². The molecule has 1 saturated carbocycles. The quantitative estimate of drug-likeness (QED) is 0.346. The van der Waals surface area contributed by atoms with Gasteiger partial charge in [-0.2, -0.15) is 13.2 Å². The van der Waals surface area contributed by atoms with Gasteiger partial charge < -0.3 is 15.0 Å². The van der Waals surface area contributed by atoms with Gasteiger partial charge in [0.1, 0.15) is 5.75 Å². The number of ether oxygens (including phenoxy) is 1. The van der Waals surface area contributed by atoms with Crippen LogP contribution in [0.5, 0.6) is 5.75 Å². The number of carbonyl (C=O) groups is 1. The molecule has 1 aliphatic rings. The van der Waals surface area contributed by atoms with Gasteiger partial charge in [0.15, 0.2) is 0 Å². The third kappa shape index (κ3) is 5.34. The highest BCUT2D eigenvalue weighted by molar-refractivity contribution is 6.34. The van der Waals surface area contributed by atoms with E-state index in [1.54, 1.807) is 7.11 Å². The molecule has 1 aliphatic carbocycles. The number of benzene rings is 3. The van der Waals surface area contributed by atoms with E-state index < -0.39 is 34.3 Å². The SMILES string of the molecule is COc1ccccc1-c1ccc([C@@H](NC(=O)c2cccc(C(F)(F)F)c2Cl)C2(N(C)C)CCCC2)cc1. The van der Waals surface area contributed by atoms with E-state index in [-0.39, 0.29) is 5.56 Å². The van der Waals surface area contributed by atoms with E-state index in [4.69, 9.17) is 16.3 Å². The van der Waals surface area contributed by atoms with Crippen molar-refractivity contribution in [3.05, 3.63) is 88.4 Å². The third-order valence-electron chi connectivity index (χ3n) is 7.38. The number of halogens is 4. The molecule has 3 aromatic carbocycles. The molecule has 0 unspecified atom stereocenters. The number of rotatable bonds is 7. The number of hydrogen-bond acceptors (Lipinski definition) is 3. The lowest BCUT2D eigenvalue weighted by atomic mass is 9.81. The summed E-state index contributed by atoms with van der Waals surface area (Å²) in [5.74, 6) is 0.114. The van der Waals surface area contributed by atoms with Crippen LogP contribution >= 0.6 is 11.6 Å². The molecule has 1 atom stereocenters. The second kappa shape index (κ2) is 10.8. The lowest BCUT2D eigenvalue weighted by molar-refractivity contribution is -0.137. The summed E-state index contributed by atoms with van der Waals surface area (Å²) in [5, 5.41) is 2.46. The smallest absolute Gasteiger partial charge is 0.417 e. The fraction of sp³-hybridized carbons (Fsp3) is 0.345. The molecular weight excluding hydrogens is 501 g/mol. The first-order valence-corrected chi connectivity index (χ1v) is 12.5. The molecule has 1 amide bonds. The Morgan fingerprint density at radius 2 is 1.65 bits per heavy atom. The van der Waals surface area contributed by atoms with Crippen LogP contribution in [0.15, 0.2) is 66.7 Å². The fourth-order valence-corrected chi connectivity index (χ4v) is 5.70. The van der Waals surface area contributed by atoms with E-state index in [1.165, 1.54) is 12.1 Å². The van der Waals surface area contributed by atoms with Gasteiger partial charge in [-0.3, -0.25) is 4.79 Å². The molecule has 0 heterocycles. The van der Waals surface area contributed by atoms with Crippen molar-refractivity contribution in [2.45, 2.75) is 43.4 Å². The monoisotopic (exact) mass is 530 g/mol. The summed E-state index contributed by atoms with van der Waals surface area (Å²) in [7, 11) is 5.58. The van der Waals surface area contributed by atoms with Crippen LogP contribution < -0.4 is 10.1 Å². The molecule has 0 spiro atoms. The number of nitrogens with zero attached hydrogens (tertiary/aromatic N) is 1. The first kappa shape index (κ1) is 27.0. The Labute approximate surface area is 220 Å². The Morgan fingerprint density at radius 1 is 1.00 bits per heavy atom. The van der Waals surface area contributed by atoms with Crippen LogP contribution in [0.3, 0.4) is 0 Å². The number of methoxy groups -OCH3 is 1. The molecule has 37 heavy (non-hydrogen) atoms. The van der Waals surface area contributed by atoms with Gasteiger partial charge in [0.05, 0.1) is 29.3 Å². The average molecular weight is 531 g/mol. The molecule has 3 aromatic rings. The first-order chi connectivity index (χ1) is 17.6. The summed E-state index contributed by atoms with van der Waals surface area (Å²) in [5.41, 5.74) is 1.15. The second-order valence-corrected chi connectivity index (χ2v) is 9.98. The van der Waals surface area contributed by atoms with Crippen molar-refractivity contribution in [1.82, 2.24) is 10.2 Å². The van der Waals surface area contributed by atoms with Gasteiger partial charge in [-0.1, -0.05) is 73.0 Å². The summed E-state index contributed by atoms with van der Waals surface area (Å²) in [6.07, 6.45) is -0.981. The summed E-state index contributed by atoms with van der Waals surface area (Å²) in [4.78, 5) is 15.5. The van der Waals surface area contributed by atoms with Gasteiger partial charge >= 0.3 is 6.18 Å². The van der Waals surface area contributed by atoms with Gasteiger partial charge in [-0.15, -0.1) is 0 Å². The Kier molecular flexibility index (Phi) is 7.85. The highest BCUT2D eigenvalue weighted by Crippen LogP contribution is 2.44. The molecule has 0 saturated heterocycles. The Bertz CT molecular complexity index is 1250. The standard InChI is InChI=1S/C29H30ClF3N2O2/c1-35(2)28(17-6-7-18-28)26(34-27(36)22-10-8-11-23(25(22)30)29(31,32)33)20-15-13-19(14-16-20)21-9-4-5-12-24(21)37-3/h4-5,8-16,26H,6-7,17-18H2,1-3H3,(H,34,36)/t26-/m1/s1. The van der Waals surface area contributed by atoms with Crippen LogP contribution in [0.2, 0.25) is 5.02 Å².